The molecule has 5 atom stereocenters. The molecule has 1 aliphatic rings. The highest BCUT2D eigenvalue weighted by molar-refractivity contribution is 4.93. The lowest BCUT2D eigenvalue weighted by molar-refractivity contribution is -0.173. The molecule has 1 heterocycles. The van der Waals surface area contributed by atoms with E-state index in [9.17, 15) is 5.11 Å². The minimum absolute atomic E-state index is 0.0947. The molecule has 1 aliphatic heterocycles. The fourth-order valence-corrected chi connectivity index (χ4v) is 2.14. The van der Waals surface area contributed by atoms with E-state index >= 15 is 0 Å². The first-order chi connectivity index (χ1) is 7.15. The van der Waals surface area contributed by atoms with Gasteiger partial charge in [-0.15, -0.1) is 0 Å². The van der Waals surface area contributed by atoms with Crippen LogP contribution in [0.1, 0.15) is 13.3 Å². The fourth-order valence-electron chi connectivity index (χ4n) is 2.14. The van der Waals surface area contributed by atoms with Crippen molar-refractivity contribution in [2.45, 2.75) is 37.7 Å². The number of ether oxygens (including phenoxy) is 2. The van der Waals surface area contributed by atoms with Gasteiger partial charge in [-0.05, 0) is 6.42 Å². The van der Waals surface area contributed by atoms with Crippen molar-refractivity contribution in [2.75, 3.05) is 20.3 Å². The van der Waals surface area contributed by atoms with Gasteiger partial charge in [0.1, 0.15) is 0 Å². The van der Waals surface area contributed by atoms with E-state index in [1.54, 1.807) is 7.11 Å². The van der Waals surface area contributed by atoms with Crippen molar-refractivity contribution < 1.29 is 19.7 Å². The molecule has 0 bridgehead atoms. The summed E-state index contributed by atoms with van der Waals surface area (Å²) in [6.07, 6.45) is -0.587. The zero-order chi connectivity index (χ0) is 11.4. The molecule has 0 radical (unpaired) electrons. The first-order valence-electron chi connectivity index (χ1n) is 5.34. The zero-order valence-electron chi connectivity index (χ0n) is 9.30. The minimum Gasteiger partial charge on any atom is -0.394 e. The first kappa shape index (κ1) is 12.9. The summed E-state index contributed by atoms with van der Waals surface area (Å²) in [5.41, 5.74) is 5.85. The molecular weight excluding hydrogens is 198 g/mol. The Balaban J connectivity index is 2.68. The lowest BCUT2D eigenvalue weighted by Crippen LogP contribution is -2.60. The molecular formula is C10H21NO4. The van der Waals surface area contributed by atoms with Crippen LogP contribution in [0, 0.1) is 5.92 Å². The highest BCUT2D eigenvalue weighted by Gasteiger charge is 2.41. The maximum atomic E-state index is 9.96. The molecule has 5 nitrogen and oxygen atoms in total. The summed E-state index contributed by atoms with van der Waals surface area (Å²) in [7, 11) is 1.56. The van der Waals surface area contributed by atoms with Crippen molar-refractivity contribution >= 4 is 0 Å². The molecule has 15 heavy (non-hydrogen) atoms. The fraction of sp³-hybridized carbons (Fsp3) is 1.00. The summed E-state index contributed by atoms with van der Waals surface area (Å²) in [5.74, 6) is -0.0990. The van der Waals surface area contributed by atoms with Gasteiger partial charge in [-0.3, -0.25) is 0 Å². The lowest BCUT2D eigenvalue weighted by atomic mass is 9.84. The summed E-state index contributed by atoms with van der Waals surface area (Å²) < 4.78 is 10.6. The van der Waals surface area contributed by atoms with Crippen LogP contribution < -0.4 is 5.73 Å². The van der Waals surface area contributed by atoms with Gasteiger partial charge in [0.2, 0.25) is 0 Å². The van der Waals surface area contributed by atoms with E-state index in [-0.39, 0.29) is 24.7 Å². The Hall–Kier alpha value is -0.200. The predicted octanol–water partition coefficient (Wildman–Crippen LogP) is -0.893. The van der Waals surface area contributed by atoms with Crippen LogP contribution >= 0.6 is 0 Å². The summed E-state index contributed by atoms with van der Waals surface area (Å²) in [5, 5.41) is 19.1. The van der Waals surface area contributed by atoms with Crippen LogP contribution in [-0.2, 0) is 9.47 Å². The van der Waals surface area contributed by atoms with Gasteiger partial charge in [0, 0.05) is 13.0 Å². The topological polar surface area (TPSA) is 84.9 Å². The van der Waals surface area contributed by atoms with Gasteiger partial charge in [-0.25, -0.2) is 0 Å². The average Bonchev–Trinajstić information content (AvgIpc) is 2.24. The number of aliphatic hydroxyl groups excluding tert-OH is 2. The molecule has 5 heteroatoms. The molecule has 0 aromatic heterocycles. The maximum absolute atomic E-state index is 9.96. The SMILES string of the molecule is CC[C@H]1C(CO)O[C@@H](COC)C(N)[C@H]1O. The Morgan fingerprint density at radius 1 is 1.40 bits per heavy atom. The third-order valence-corrected chi connectivity index (χ3v) is 3.07. The third kappa shape index (κ3) is 2.68. The van der Waals surface area contributed by atoms with E-state index in [1.165, 1.54) is 0 Å². The molecule has 90 valence electrons. The summed E-state index contributed by atoms with van der Waals surface area (Å²) in [4.78, 5) is 0. The van der Waals surface area contributed by atoms with E-state index in [2.05, 4.69) is 0 Å². The average molecular weight is 219 g/mol. The van der Waals surface area contributed by atoms with Crippen molar-refractivity contribution in [3.05, 3.63) is 0 Å². The van der Waals surface area contributed by atoms with Crippen LogP contribution in [0.5, 0.6) is 0 Å². The largest absolute Gasteiger partial charge is 0.394 e. The van der Waals surface area contributed by atoms with Crippen molar-refractivity contribution in [1.82, 2.24) is 0 Å². The van der Waals surface area contributed by atoms with Crippen molar-refractivity contribution in [3.8, 4) is 0 Å². The molecule has 1 rings (SSSR count). The Morgan fingerprint density at radius 3 is 2.53 bits per heavy atom. The second kappa shape index (κ2) is 5.77. The number of nitrogens with two attached hydrogens (primary N) is 1. The van der Waals surface area contributed by atoms with E-state index in [1.807, 2.05) is 6.92 Å². The van der Waals surface area contributed by atoms with Gasteiger partial charge in [0.25, 0.3) is 0 Å². The summed E-state index contributed by atoms with van der Waals surface area (Å²) in [6, 6.07) is -0.447. The minimum atomic E-state index is -0.638. The maximum Gasteiger partial charge on any atom is 0.0989 e. The van der Waals surface area contributed by atoms with E-state index in [0.717, 1.165) is 6.42 Å². The van der Waals surface area contributed by atoms with Crippen LogP contribution in [0.25, 0.3) is 0 Å². The standard InChI is InChI=1S/C10H21NO4/c1-3-6-7(4-12)15-8(5-14-2)9(11)10(6)13/h6-10,12-13H,3-5,11H2,1-2H3/t6-,7?,8-,9?,10-/m0/s1. The van der Waals surface area contributed by atoms with Gasteiger partial charge in [-0.1, -0.05) is 6.92 Å². The molecule has 1 fully saturated rings. The van der Waals surface area contributed by atoms with E-state index in [0.29, 0.717) is 6.61 Å². The van der Waals surface area contributed by atoms with Crippen LogP contribution in [0.15, 0.2) is 0 Å². The molecule has 4 N–H and O–H groups in total. The molecule has 1 saturated heterocycles. The second-order valence-corrected chi connectivity index (χ2v) is 3.99. The van der Waals surface area contributed by atoms with Crippen LogP contribution in [-0.4, -0.2) is 54.9 Å². The predicted molar refractivity (Wildman–Crippen MR) is 55.4 cm³/mol. The highest BCUT2D eigenvalue weighted by Crippen LogP contribution is 2.27. The summed E-state index contributed by atoms with van der Waals surface area (Å²) in [6.45, 7) is 2.19. The zero-order valence-corrected chi connectivity index (χ0v) is 9.30. The summed E-state index contributed by atoms with van der Waals surface area (Å²) >= 11 is 0. The van der Waals surface area contributed by atoms with Crippen LogP contribution in [0.3, 0.4) is 0 Å². The molecule has 0 spiro atoms. The van der Waals surface area contributed by atoms with Crippen molar-refractivity contribution in [3.63, 3.8) is 0 Å². The number of rotatable bonds is 4. The van der Waals surface area contributed by atoms with Gasteiger partial charge in [0.05, 0.1) is 37.6 Å². The number of hydrogen-bond acceptors (Lipinski definition) is 5. The molecule has 0 aromatic rings. The number of methoxy groups -OCH3 is 1. The van der Waals surface area contributed by atoms with Gasteiger partial charge >= 0.3 is 0 Å². The van der Waals surface area contributed by atoms with Gasteiger partial charge < -0.3 is 25.4 Å². The molecule has 0 amide bonds. The normalized spacial score (nSPS) is 41.8. The second-order valence-electron chi connectivity index (χ2n) is 3.99. The Morgan fingerprint density at radius 2 is 2.07 bits per heavy atom. The van der Waals surface area contributed by atoms with E-state index in [4.69, 9.17) is 20.3 Å². The van der Waals surface area contributed by atoms with Crippen molar-refractivity contribution in [2.24, 2.45) is 11.7 Å². The third-order valence-electron chi connectivity index (χ3n) is 3.07. The molecule has 0 saturated carbocycles. The molecule has 0 aliphatic carbocycles. The highest BCUT2D eigenvalue weighted by atomic mass is 16.5. The quantitative estimate of drug-likeness (QED) is 0.571. The molecule has 2 unspecified atom stereocenters. The van der Waals surface area contributed by atoms with Crippen LogP contribution in [0.2, 0.25) is 0 Å². The van der Waals surface area contributed by atoms with Crippen molar-refractivity contribution in [1.29, 1.82) is 0 Å². The first-order valence-corrected chi connectivity index (χ1v) is 5.34. The Labute approximate surface area is 90.2 Å². The Bertz CT molecular complexity index is 186. The van der Waals surface area contributed by atoms with Gasteiger partial charge in [0.15, 0.2) is 0 Å². The van der Waals surface area contributed by atoms with Crippen LogP contribution in [0.4, 0.5) is 0 Å². The van der Waals surface area contributed by atoms with Gasteiger partial charge in [-0.2, -0.15) is 0 Å². The number of aliphatic hydroxyl groups is 2. The number of hydrogen-bond donors (Lipinski definition) is 3. The smallest absolute Gasteiger partial charge is 0.0989 e. The molecule has 0 aromatic carbocycles. The Kier molecular flexibility index (Phi) is 4.95. The lowest BCUT2D eigenvalue weighted by Gasteiger charge is -2.42. The monoisotopic (exact) mass is 219 g/mol. The van der Waals surface area contributed by atoms with E-state index < -0.39 is 12.1 Å².